The van der Waals surface area contributed by atoms with E-state index >= 15 is 0 Å². The van der Waals surface area contributed by atoms with E-state index in [-0.39, 0.29) is 0 Å². The molecule has 0 spiro atoms. The van der Waals surface area contributed by atoms with Gasteiger partial charge in [-0.3, -0.25) is 0 Å². The van der Waals surface area contributed by atoms with Gasteiger partial charge in [-0.2, -0.15) is 0 Å². The van der Waals surface area contributed by atoms with Crippen molar-refractivity contribution in [2.45, 2.75) is 51.4 Å². The van der Waals surface area contributed by atoms with Crippen molar-refractivity contribution in [2.75, 3.05) is 0 Å². The number of aryl methyl sites for hydroxylation is 1. The molecule has 4 rings (SSSR count). The molecule has 2 atom stereocenters. The lowest BCUT2D eigenvalue weighted by molar-refractivity contribution is 0.514. The monoisotopic (exact) mass is 302 g/mol. The molecule has 0 radical (unpaired) electrons. The Kier molecular flexibility index (Phi) is 3.26. The van der Waals surface area contributed by atoms with E-state index in [1.807, 2.05) is 6.07 Å². The van der Waals surface area contributed by atoms with E-state index in [2.05, 4.69) is 18.0 Å². The van der Waals surface area contributed by atoms with E-state index in [0.29, 0.717) is 16.9 Å². The van der Waals surface area contributed by atoms with E-state index in [1.54, 1.807) is 0 Å². The number of hydrogen-bond donors (Lipinski definition) is 0. The van der Waals surface area contributed by atoms with Crippen molar-refractivity contribution in [1.82, 2.24) is 9.97 Å². The van der Waals surface area contributed by atoms with Gasteiger partial charge in [0, 0.05) is 17.2 Å². The normalized spacial score (nSPS) is 24.5. The molecule has 2 unspecified atom stereocenters. The molecule has 1 fully saturated rings. The maximum absolute atomic E-state index is 6.38. The Labute approximate surface area is 129 Å². The lowest BCUT2D eigenvalue weighted by Gasteiger charge is -2.08. The summed E-state index contributed by atoms with van der Waals surface area (Å²) in [6.45, 7) is 2.25. The zero-order valence-corrected chi connectivity index (χ0v) is 13.0. The molecule has 2 aliphatic carbocycles. The van der Waals surface area contributed by atoms with Crippen LogP contribution in [0.4, 0.5) is 0 Å². The van der Waals surface area contributed by atoms with Crippen molar-refractivity contribution in [3.63, 3.8) is 0 Å². The van der Waals surface area contributed by atoms with Gasteiger partial charge in [-0.1, -0.05) is 24.9 Å². The van der Waals surface area contributed by atoms with Gasteiger partial charge in [-0.25, -0.2) is 9.97 Å². The molecule has 0 amide bonds. The molecule has 2 heterocycles. The zero-order chi connectivity index (χ0) is 14.4. The number of hydrogen-bond acceptors (Lipinski definition) is 3. The minimum atomic E-state index is 0.579. The Bertz CT molecular complexity index is 679. The first-order chi connectivity index (χ1) is 10.2. The fourth-order valence-electron chi connectivity index (χ4n) is 3.23. The molecular weight excluding hydrogens is 284 g/mol. The predicted molar refractivity (Wildman–Crippen MR) is 82.5 cm³/mol. The van der Waals surface area contributed by atoms with Crippen LogP contribution in [0.15, 0.2) is 16.5 Å². The van der Waals surface area contributed by atoms with Crippen molar-refractivity contribution in [2.24, 2.45) is 5.92 Å². The van der Waals surface area contributed by atoms with Crippen molar-refractivity contribution < 1.29 is 4.42 Å². The second-order valence-corrected chi connectivity index (χ2v) is 6.70. The van der Waals surface area contributed by atoms with Crippen molar-refractivity contribution in [3.05, 3.63) is 34.3 Å². The minimum Gasteiger partial charge on any atom is -0.457 e. The van der Waals surface area contributed by atoms with Gasteiger partial charge in [0.2, 0.25) is 0 Å². The molecule has 3 nitrogen and oxygen atoms in total. The Morgan fingerprint density at radius 1 is 1.14 bits per heavy atom. The summed E-state index contributed by atoms with van der Waals surface area (Å²) in [4.78, 5) is 9.20. The summed E-state index contributed by atoms with van der Waals surface area (Å²) in [7, 11) is 0. The summed E-state index contributed by atoms with van der Waals surface area (Å²) >= 11 is 6.38. The SMILES string of the molecule is CC1CC1c1ccc(-c2nc(Cl)c3c(n2)CCCCC3)o1. The van der Waals surface area contributed by atoms with Gasteiger partial charge in [0.25, 0.3) is 0 Å². The largest absolute Gasteiger partial charge is 0.457 e. The summed E-state index contributed by atoms with van der Waals surface area (Å²) in [6, 6.07) is 4.04. The first-order valence-corrected chi connectivity index (χ1v) is 8.25. The number of fused-ring (bicyclic) bond motifs is 1. The van der Waals surface area contributed by atoms with Gasteiger partial charge < -0.3 is 4.42 Å². The van der Waals surface area contributed by atoms with Crippen molar-refractivity contribution >= 4 is 11.6 Å². The third kappa shape index (κ3) is 2.48. The fourth-order valence-corrected chi connectivity index (χ4v) is 3.51. The topological polar surface area (TPSA) is 38.9 Å². The van der Waals surface area contributed by atoms with Gasteiger partial charge in [-0.05, 0) is 50.2 Å². The molecule has 0 aromatic carbocycles. The third-order valence-electron chi connectivity index (χ3n) is 4.70. The molecule has 21 heavy (non-hydrogen) atoms. The highest BCUT2D eigenvalue weighted by Gasteiger charge is 2.36. The number of aromatic nitrogens is 2. The highest BCUT2D eigenvalue weighted by atomic mass is 35.5. The Balaban J connectivity index is 1.70. The van der Waals surface area contributed by atoms with Gasteiger partial charge in [0.1, 0.15) is 10.9 Å². The van der Waals surface area contributed by atoms with E-state index in [0.717, 1.165) is 41.5 Å². The molecule has 0 aliphatic heterocycles. The second-order valence-electron chi connectivity index (χ2n) is 6.35. The number of rotatable bonds is 2. The number of furan rings is 1. The molecule has 0 bridgehead atoms. The number of halogens is 1. The molecule has 4 heteroatoms. The maximum atomic E-state index is 6.38. The van der Waals surface area contributed by atoms with Gasteiger partial charge in [0.05, 0.1) is 0 Å². The summed E-state index contributed by atoms with van der Waals surface area (Å²) in [5.41, 5.74) is 2.25. The standard InChI is InChI=1S/C17H19ClN2O/c1-10-9-12(10)14-7-8-15(21-14)17-19-13-6-4-2-3-5-11(13)16(18)20-17/h7-8,10,12H,2-6,9H2,1H3. The molecule has 2 aromatic rings. The number of nitrogens with zero attached hydrogens (tertiary/aromatic N) is 2. The highest BCUT2D eigenvalue weighted by molar-refractivity contribution is 6.30. The van der Waals surface area contributed by atoms with Crippen LogP contribution in [-0.2, 0) is 12.8 Å². The Morgan fingerprint density at radius 3 is 2.76 bits per heavy atom. The van der Waals surface area contributed by atoms with Crippen LogP contribution in [0.2, 0.25) is 5.15 Å². The van der Waals surface area contributed by atoms with Crippen LogP contribution >= 0.6 is 11.6 Å². The predicted octanol–water partition coefficient (Wildman–Crippen LogP) is 4.78. The smallest absolute Gasteiger partial charge is 0.197 e. The third-order valence-corrected chi connectivity index (χ3v) is 5.02. The first kappa shape index (κ1) is 13.3. The summed E-state index contributed by atoms with van der Waals surface area (Å²) < 4.78 is 5.96. The van der Waals surface area contributed by atoms with Crippen molar-refractivity contribution in [1.29, 1.82) is 0 Å². The lowest BCUT2D eigenvalue weighted by Crippen LogP contribution is -2.01. The fraction of sp³-hybridized carbons (Fsp3) is 0.529. The summed E-state index contributed by atoms with van der Waals surface area (Å²) in [5, 5.41) is 0.606. The molecule has 1 saturated carbocycles. The van der Waals surface area contributed by atoms with Crippen LogP contribution in [0.25, 0.3) is 11.6 Å². The quantitative estimate of drug-likeness (QED) is 0.592. The van der Waals surface area contributed by atoms with E-state index < -0.39 is 0 Å². The van der Waals surface area contributed by atoms with Crippen molar-refractivity contribution in [3.8, 4) is 11.6 Å². The van der Waals surface area contributed by atoms with Crippen LogP contribution in [0.1, 0.15) is 55.5 Å². The van der Waals surface area contributed by atoms with Gasteiger partial charge in [0.15, 0.2) is 11.6 Å². The van der Waals surface area contributed by atoms with Gasteiger partial charge in [-0.15, -0.1) is 0 Å². The average molecular weight is 303 g/mol. The average Bonchev–Trinajstić information content (AvgIpc) is 3.08. The summed E-state index contributed by atoms with van der Waals surface area (Å²) in [5.74, 6) is 3.76. The second kappa shape index (κ2) is 5.13. The molecule has 0 N–H and O–H groups in total. The minimum absolute atomic E-state index is 0.579. The molecule has 2 aliphatic rings. The van der Waals surface area contributed by atoms with Gasteiger partial charge >= 0.3 is 0 Å². The lowest BCUT2D eigenvalue weighted by atomic mass is 10.1. The van der Waals surface area contributed by atoms with Crippen LogP contribution in [0.3, 0.4) is 0 Å². The van der Waals surface area contributed by atoms with Crippen LogP contribution in [0, 0.1) is 5.92 Å². The van der Waals surface area contributed by atoms with Crippen LogP contribution in [0.5, 0.6) is 0 Å². The summed E-state index contributed by atoms with van der Waals surface area (Å²) in [6.07, 6.45) is 6.82. The van der Waals surface area contributed by atoms with Crippen LogP contribution < -0.4 is 0 Å². The molecule has 110 valence electrons. The Hall–Kier alpha value is -1.35. The van der Waals surface area contributed by atoms with Crippen LogP contribution in [-0.4, -0.2) is 9.97 Å². The van der Waals surface area contributed by atoms with E-state index in [1.165, 1.54) is 25.7 Å². The molecule has 2 aromatic heterocycles. The zero-order valence-electron chi connectivity index (χ0n) is 12.2. The Morgan fingerprint density at radius 2 is 1.95 bits per heavy atom. The van der Waals surface area contributed by atoms with E-state index in [4.69, 9.17) is 21.0 Å². The molecular formula is C17H19ClN2O. The van der Waals surface area contributed by atoms with E-state index in [9.17, 15) is 0 Å². The maximum Gasteiger partial charge on any atom is 0.197 e. The molecule has 0 saturated heterocycles. The highest BCUT2D eigenvalue weighted by Crippen LogP contribution is 2.48. The first-order valence-electron chi connectivity index (χ1n) is 7.88.